The molecule has 6 nitrogen and oxygen atoms in total. The predicted octanol–water partition coefficient (Wildman–Crippen LogP) is 4.79. The van der Waals surface area contributed by atoms with Gasteiger partial charge in [-0.05, 0) is 31.0 Å². The Kier molecular flexibility index (Phi) is 7.03. The van der Waals surface area contributed by atoms with Crippen molar-refractivity contribution in [1.29, 1.82) is 0 Å². The Labute approximate surface area is 184 Å². The number of nitrogens with one attached hydrogen (secondary N) is 1. The van der Waals surface area contributed by atoms with Gasteiger partial charge in [0.15, 0.2) is 11.2 Å². The smallest absolute Gasteiger partial charge is 0.266 e. The summed E-state index contributed by atoms with van der Waals surface area (Å²) in [4.78, 5) is 32.2. The molecule has 1 N–H and O–H groups in total. The van der Waals surface area contributed by atoms with E-state index in [0.29, 0.717) is 52.8 Å². The molecule has 9 heteroatoms. The van der Waals surface area contributed by atoms with Gasteiger partial charge in [0.1, 0.15) is 5.75 Å². The van der Waals surface area contributed by atoms with Crippen molar-refractivity contribution >= 4 is 51.5 Å². The number of aromatic nitrogens is 1. The lowest BCUT2D eigenvalue weighted by Crippen LogP contribution is -2.36. The number of fused-ring (bicyclic) bond motifs is 1. The maximum absolute atomic E-state index is 12.5. The number of thiazole rings is 1. The van der Waals surface area contributed by atoms with Crippen molar-refractivity contribution in [2.24, 2.45) is 5.92 Å². The summed E-state index contributed by atoms with van der Waals surface area (Å²) in [5, 5.41) is 4.14. The standard InChI is InChI=1S/C20H23Cl2N3O3S/c1-11(2)8-18(26)25-7-6-15-17(10-25)29-20(23-15)24-19(27)12(3)28-16-5-4-13(21)9-14(16)22/h4-5,9,11-12H,6-8,10H2,1-3H3,(H,23,24,27). The summed E-state index contributed by atoms with van der Waals surface area (Å²) in [7, 11) is 0. The highest BCUT2D eigenvalue weighted by Crippen LogP contribution is 2.30. The molecule has 0 fully saturated rings. The van der Waals surface area contributed by atoms with E-state index in [9.17, 15) is 9.59 Å². The van der Waals surface area contributed by atoms with E-state index in [2.05, 4.69) is 10.3 Å². The SMILES string of the molecule is CC(C)CC(=O)N1CCc2nc(NC(=O)C(C)Oc3ccc(Cl)cc3Cl)sc2C1. The van der Waals surface area contributed by atoms with Gasteiger partial charge >= 0.3 is 0 Å². The Morgan fingerprint density at radius 2 is 2.07 bits per heavy atom. The van der Waals surface area contributed by atoms with E-state index < -0.39 is 6.10 Å². The number of nitrogens with zero attached hydrogens (tertiary/aromatic N) is 2. The number of amides is 2. The summed E-state index contributed by atoms with van der Waals surface area (Å²) < 4.78 is 5.64. The van der Waals surface area contributed by atoms with E-state index in [0.717, 1.165) is 10.6 Å². The first kappa shape index (κ1) is 21.9. The number of carbonyl (C=O) groups is 2. The number of rotatable bonds is 6. The van der Waals surface area contributed by atoms with Gasteiger partial charge < -0.3 is 9.64 Å². The minimum absolute atomic E-state index is 0.159. The molecule has 0 saturated heterocycles. The lowest BCUT2D eigenvalue weighted by molar-refractivity contribution is -0.132. The summed E-state index contributed by atoms with van der Waals surface area (Å²) >= 11 is 13.4. The first-order valence-corrected chi connectivity index (χ1v) is 11.0. The van der Waals surface area contributed by atoms with Gasteiger partial charge in [0, 0.05) is 29.3 Å². The zero-order valence-electron chi connectivity index (χ0n) is 16.5. The molecule has 3 rings (SSSR count). The van der Waals surface area contributed by atoms with Crippen LogP contribution in [0.1, 0.15) is 37.8 Å². The first-order valence-electron chi connectivity index (χ1n) is 9.42. The largest absolute Gasteiger partial charge is 0.479 e. The molecule has 2 amide bonds. The number of carbonyl (C=O) groups excluding carboxylic acids is 2. The molecule has 29 heavy (non-hydrogen) atoms. The topological polar surface area (TPSA) is 71.5 Å². The summed E-state index contributed by atoms with van der Waals surface area (Å²) in [6.45, 7) is 6.91. The van der Waals surface area contributed by atoms with Crippen molar-refractivity contribution in [3.8, 4) is 5.75 Å². The van der Waals surface area contributed by atoms with Crippen LogP contribution >= 0.6 is 34.5 Å². The van der Waals surface area contributed by atoms with Crippen molar-refractivity contribution in [1.82, 2.24) is 9.88 Å². The number of hydrogen-bond acceptors (Lipinski definition) is 5. The molecule has 0 spiro atoms. The summed E-state index contributed by atoms with van der Waals surface area (Å²) in [5.41, 5.74) is 0.938. The maximum Gasteiger partial charge on any atom is 0.266 e. The number of halogens is 2. The molecule has 1 aromatic heterocycles. The van der Waals surface area contributed by atoms with E-state index in [1.54, 1.807) is 25.1 Å². The average Bonchev–Trinajstić information content (AvgIpc) is 3.04. The lowest BCUT2D eigenvalue weighted by atomic mass is 10.1. The van der Waals surface area contributed by atoms with E-state index in [4.69, 9.17) is 27.9 Å². The third-order valence-electron chi connectivity index (χ3n) is 4.46. The van der Waals surface area contributed by atoms with Crippen LogP contribution in [0.25, 0.3) is 0 Å². The second-order valence-corrected chi connectivity index (χ2v) is 9.30. The van der Waals surface area contributed by atoms with Crippen molar-refractivity contribution in [2.75, 3.05) is 11.9 Å². The molecule has 0 radical (unpaired) electrons. The van der Waals surface area contributed by atoms with Crippen LogP contribution in [0.4, 0.5) is 5.13 Å². The molecule has 1 unspecified atom stereocenters. The molecule has 0 aliphatic carbocycles. The normalized spacial score (nSPS) is 14.5. The molecule has 0 bridgehead atoms. The zero-order chi connectivity index (χ0) is 21.1. The van der Waals surface area contributed by atoms with Crippen molar-refractivity contribution in [3.05, 3.63) is 38.8 Å². The van der Waals surface area contributed by atoms with Gasteiger partial charge in [-0.1, -0.05) is 48.4 Å². The van der Waals surface area contributed by atoms with Crippen LogP contribution in [0.15, 0.2) is 18.2 Å². The second kappa shape index (κ2) is 9.32. The molecular formula is C20H23Cl2N3O3S. The number of hydrogen-bond donors (Lipinski definition) is 1. The van der Waals surface area contributed by atoms with Crippen LogP contribution in [-0.2, 0) is 22.6 Å². The molecular weight excluding hydrogens is 433 g/mol. The molecule has 0 saturated carbocycles. The first-order chi connectivity index (χ1) is 13.7. The second-order valence-electron chi connectivity index (χ2n) is 7.38. The van der Waals surface area contributed by atoms with Crippen molar-refractivity contribution < 1.29 is 14.3 Å². The summed E-state index contributed by atoms with van der Waals surface area (Å²) in [6.07, 6.45) is 0.469. The van der Waals surface area contributed by atoms with E-state index in [1.807, 2.05) is 18.7 Å². The van der Waals surface area contributed by atoms with Gasteiger partial charge in [-0.25, -0.2) is 4.98 Å². The Bertz CT molecular complexity index is 916. The van der Waals surface area contributed by atoms with Gasteiger partial charge in [-0.15, -0.1) is 0 Å². The van der Waals surface area contributed by atoms with Gasteiger partial charge in [0.2, 0.25) is 5.91 Å². The van der Waals surface area contributed by atoms with Gasteiger partial charge in [-0.2, -0.15) is 0 Å². The number of anilines is 1. The van der Waals surface area contributed by atoms with E-state index in [1.165, 1.54) is 11.3 Å². The van der Waals surface area contributed by atoms with Crippen LogP contribution < -0.4 is 10.1 Å². The molecule has 2 heterocycles. The van der Waals surface area contributed by atoms with Gasteiger partial charge in [0.25, 0.3) is 5.91 Å². The van der Waals surface area contributed by atoms with Gasteiger partial charge in [0.05, 0.1) is 17.3 Å². The fraction of sp³-hybridized carbons (Fsp3) is 0.450. The highest BCUT2D eigenvalue weighted by atomic mass is 35.5. The Hall–Kier alpha value is -1.83. The number of ether oxygens (including phenoxy) is 1. The minimum atomic E-state index is -0.765. The van der Waals surface area contributed by atoms with E-state index >= 15 is 0 Å². The van der Waals surface area contributed by atoms with Crippen LogP contribution in [0.5, 0.6) is 5.75 Å². The van der Waals surface area contributed by atoms with Gasteiger partial charge in [-0.3, -0.25) is 14.9 Å². The molecule has 1 aliphatic heterocycles. The molecule has 156 valence electrons. The van der Waals surface area contributed by atoms with Crippen LogP contribution in [0.2, 0.25) is 10.0 Å². The predicted molar refractivity (Wildman–Crippen MR) is 116 cm³/mol. The molecule has 1 aromatic carbocycles. The Balaban J connectivity index is 1.61. The fourth-order valence-corrected chi connectivity index (χ4v) is 4.44. The Morgan fingerprint density at radius 3 is 2.76 bits per heavy atom. The highest BCUT2D eigenvalue weighted by Gasteiger charge is 2.25. The molecule has 1 atom stereocenters. The quantitative estimate of drug-likeness (QED) is 0.679. The lowest BCUT2D eigenvalue weighted by Gasteiger charge is -2.26. The maximum atomic E-state index is 12.5. The van der Waals surface area contributed by atoms with E-state index in [-0.39, 0.29) is 11.8 Å². The summed E-state index contributed by atoms with van der Waals surface area (Å²) in [5.74, 6) is 0.550. The monoisotopic (exact) mass is 455 g/mol. The highest BCUT2D eigenvalue weighted by molar-refractivity contribution is 7.15. The average molecular weight is 456 g/mol. The van der Waals surface area contributed by atoms with Crippen molar-refractivity contribution in [3.63, 3.8) is 0 Å². The van der Waals surface area contributed by atoms with Crippen LogP contribution in [0, 0.1) is 5.92 Å². The fourth-order valence-electron chi connectivity index (χ4n) is 2.96. The van der Waals surface area contributed by atoms with Crippen LogP contribution in [0.3, 0.4) is 0 Å². The summed E-state index contributed by atoms with van der Waals surface area (Å²) in [6, 6.07) is 4.83. The third-order valence-corrected chi connectivity index (χ3v) is 5.99. The zero-order valence-corrected chi connectivity index (χ0v) is 18.8. The van der Waals surface area contributed by atoms with Crippen molar-refractivity contribution in [2.45, 2.75) is 46.3 Å². The Morgan fingerprint density at radius 1 is 1.31 bits per heavy atom. The minimum Gasteiger partial charge on any atom is -0.479 e. The molecule has 2 aromatic rings. The van der Waals surface area contributed by atoms with Crippen LogP contribution in [-0.4, -0.2) is 34.3 Å². The third kappa shape index (κ3) is 5.62. The molecule has 1 aliphatic rings. The number of benzene rings is 1.